The van der Waals surface area contributed by atoms with Crippen molar-refractivity contribution in [1.29, 1.82) is 0 Å². The average molecular weight is 339 g/mol. The minimum atomic E-state index is -0.577. The van der Waals surface area contributed by atoms with Crippen LogP contribution in [-0.2, 0) is 4.79 Å². The smallest absolute Gasteiger partial charge is 0.270 e. The van der Waals surface area contributed by atoms with Gasteiger partial charge >= 0.3 is 0 Å². The lowest BCUT2D eigenvalue weighted by Crippen LogP contribution is -2.43. The third kappa shape index (κ3) is 3.21. The Kier molecular flexibility index (Phi) is 4.47. The number of benzene rings is 2. The third-order valence-corrected chi connectivity index (χ3v) is 4.34. The minimum Gasteiger partial charge on any atom is -0.330 e. The molecule has 1 fully saturated rings. The van der Waals surface area contributed by atoms with E-state index >= 15 is 0 Å². The number of anilines is 1. The van der Waals surface area contributed by atoms with Gasteiger partial charge in [-0.25, -0.2) is 0 Å². The van der Waals surface area contributed by atoms with Crippen molar-refractivity contribution in [3.63, 3.8) is 0 Å². The number of hydrogen-bond donors (Lipinski definition) is 0. The monoisotopic (exact) mass is 339 g/mol. The van der Waals surface area contributed by atoms with Crippen LogP contribution in [0.2, 0.25) is 0 Å². The van der Waals surface area contributed by atoms with Gasteiger partial charge in [-0.2, -0.15) is 0 Å². The highest BCUT2D eigenvalue weighted by atomic mass is 16.6. The summed E-state index contributed by atoms with van der Waals surface area (Å²) >= 11 is 0. The molecule has 0 N–H and O–H groups in total. The predicted octanol–water partition coefficient (Wildman–Crippen LogP) is 2.47. The Labute approximate surface area is 144 Å². The van der Waals surface area contributed by atoms with E-state index in [0.29, 0.717) is 13.0 Å². The summed E-state index contributed by atoms with van der Waals surface area (Å²) in [7, 11) is 1.55. The van der Waals surface area contributed by atoms with E-state index < -0.39 is 16.9 Å². The molecule has 2 aromatic carbocycles. The van der Waals surface area contributed by atoms with Crippen molar-refractivity contribution in [2.75, 3.05) is 18.5 Å². The number of carbonyl (C=O) groups excluding carboxylic acids is 2. The molecule has 128 valence electrons. The van der Waals surface area contributed by atoms with Gasteiger partial charge in [-0.15, -0.1) is 0 Å². The topological polar surface area (TPSA) is 83.8 Å². The highest BCUT2D eigenvalue weighted by molar-refractivity contribution is 6.03. The SMILES string of the molecule is CN(C(=O)c1cccc([N+](=O)[O-])c1)[C@H]1CCN(c2ccccc2)C1=O. The number of likely N-dealkylation sites (N-methyl/N-ethyl adjacent to an activating group) is 1. The fourth-order valence-corrected chi connectivity index (χ4v) is 2.99. The van der Waals surface area contributed by atoms with E-state index in [2.05, 4.69) is 0 Å². The van der Waals surface area contributed by atoms with Gasteiger partial charge in [0.05, 0.1) is 4.92 Å². The lowest BCUT2D eigenvalue weighted by molar-refractivity contribution is -0.384. The van der Waals surface area contributed by atoms with Crippen molar-refractivity contribution in [2.45, 2.75) is 12.5 Å². The van der Waals surface area contributed by atoms with Gasteiger partial charge in [-0.1, -0.05) is 24.3 Å². The number of amides is 2. The van der Waals surface area contributed by atoms with Crippen molar-refractivity contribution in [3.8, 4) is 0 Å². The van der Waals surface area contributed by atoms with Gasteiger partial charge in [-0.05, 0) is 24.6 Å². The first-order valence-corrected chi connectivity index (χ1v) is 7.87. The molecule has 0 saturated carbocycles. The number of para-hydroxylation sites is 1. The number of rotatable bonds is 4. The molecule has 2 amide bonds. The van der Waals surface area contributed by atoms with Crippen molar-refractivity contribution >= 4 is 23.2 Å². The van der Waals surface area contributed by atoms with Crippen molar-refractivity contribution in [3.05, 3.63) is 70.3 Å². The van der Waals surface area contributed by atoms with Crippen LogP contribution in [0.4, 0.5) is 11.4 Å². The third-order valence-electron chi connectivity index (χ3n) is 4.34. The molecular formula is C18H17N3O4. The number of carbonyl (C=O) groups is 2. The Hall–Kier alpha value is -3.22. The Morgan fingerprint density at radius 1 is 1.20 bits per heavy atom. The molecule has 1 aliphatic rings. The fraction of sp³-hybridized carbons (Fsp3) is 0.222. The van der Waals surface area contributed by atoms with E-state index in [0.717, 1.165) is 5.69 Å². The number of hydrogen-bond acceptors (Lipinski definition) is 4. The molecule has 0 spiro atoms. The first-order chi connectivity index (χ1) is 12.0. The zero-order valence-corrected chi connectivity index (χ0v) is 13.7. The van der Waals surface area contributed by atoms with Crippen LogP contribution in [0, 0.1) is 10.1 Å². The Balaban J connectivity index is 1.78. The van der Waals surface area contributed by atoms with Gasteiger partial charge in [0.1, 0.15) is 6.04 Å². The van der Waals surface area contributed by atoms with E-state index in [1.54, 1.807) is 11.9 Å². The molecule has 25 heavy (non-hydrogen) atoms. The maximum absolute atomic E-state index is 12.7. The second kappa shape index (κ2) is 6.72. The molecular weight excluding hydrogens is 322 g/mol. The summed E-state index contributed by atoms with van der Waals surface area (Å²) in [5, 5.41) is 10.9. The average Bonchev–Trinajstić information content (AvgIpc) is 3.02. The molecule has 0 aliphatic carbocycles. The number of non-ortho nitro benzene ring substituents is 1. The van der Waals surface area contributed by atoms with Crippen LogP contribution in [0.15, 0.2) is 54.6 Å². The fourth-order valence-electron chi connectivity index (χ4n) is 2.99. The summed E-state index contributed by atoms with van der Waals surface area (Å²) in [6, 6.07) is 14.2. The second-order valence-electron chi connectivity index (χ2n) is 5.85. The molecule has 7 heteroatoms. The summed E-state index contributed by atoms with van der Waals surface area (Å²) in [5.74, 6) is -0.551. The van der Waals surface area contributed by atoms with Crippen molar-refractivity contribution in [1.82, 2.24) is 4.90 Å². The molecule has 1 heterocycles. The van der Waals surface area contributed by atoms with Crippen molar-refractivity contribution in [2.24, 2.45) is 0 Å². The maximum atomic E-state index is 12.7. The van der Waals surface area contributed by atoms with E-state index in [1.807, 2.05) is 30.3 Å². The summed E-state index contributed by atoms with van der Waals surface area (Å²) in [6.45, 7) is 0.528. The van der Waals surface area contributed by atoms with Gasteiger partial charge in [0.2, 0.25) is 5.91 Å². The highest BCUT2D eigenvalue weighted by Gasteiger charge is 2.37. The van der Waals surface area contributed by atoms with E-state index in [-0.39, 0.29) is 17.2 Å². The van der Waals surface area contributed by atoms with Gasteiger partial charge in [0, 0.05) is 37.0 Å². The van der Waals surface area contributed by atoms with E-state index in [1.165, 1.54) is 29.2 Å². The molecule has 1 saturated heterocycles. The Morgan fingerprint density at radius 3 is 2.60 bits per heavy atom. The Morgan fingerprint density at radius 2 is 1.92 bits per heavy atom. The largest absolute Gasteiger partial charge is 0.330 e. The van der Waals surface area contributed by atoms with Crippen molar-refractivity contribution < 1.29 is 14.5 Å². The van der Waals surface area contributed by atoms with E-state index in [4.69, 9.17) is 0 Å². The lowest BCUT2D eigenvalue weighted by Gasteiger charge is -2.24. The lowest BCUT2D eigenvalue weighted by atomic mass is 10.1. The van der Waals surface area contributed by atoms with Crippen LogP contribution in [0.1, 0.15) is 16.8 Å². The standard InChI is InChI=1S/C18H17N3O4/c1-19(17(22)13-6-5-9-15(12-13)21(24)25)16-10-11-20(18(16)23)14-7-3-2-4-8-14/h2-9,12,16H,10-11H2,1H3/t16-/m0/s1. The highest BCUT2D eigenvalue weighted by Crippen LogP contribution is 2.25. The molecule has 0 radical (unpaired) electrons. The summed E-state index contributed by atoms with van der Waals surface area (Å²) < 4.78 is 0. The summed E-state index contributed by atoms with van der Waals surface area (Å²) in [4.78, 5) is 38.7. The minimum absolute atomic E-state index is 0.146. The first kappa shape index (κ1) is 16.6. The normalized spacial score (nSPS) is 16.8. The van der Waals surface area contributed by atoms with Gasteiger partial charge in [-0.3, -0.25) is 19.7 Å². The van der Waals surface area contributed by atoms with Crippen LogP contribution in [0.5, 0.6) is 0 Å². The quantitative estimate of drug-likeness (QED) is 0.633. The van der Waals surface area contributed by atoms with Crippen LogP contribution in [0.3, 0.4) is 0 Å². The zero-order valence-electron chi connectivity index (χ0n) is 13.7. The van der Waals surface area contributed by atoms with Gasteiger partial charge < -0.3 is 9.80 Å². The summed E-state index contributed by atoms with van der Waals surface area (Å²) in [5.41, 5.74) is 0.844. The number of nitro groups is 1. The maximum Gasteiger partial charge on any atom is 0.270 e. The zero-order chi connectivity index (χ0) is 18.0. The van der Waals surface area contributed by atoms with Crippen LogP contribution >= 0.6 is 0 Å². The molecule has 0 aromatic heterocycles. The van der Waals surface area contributed by atoms with Crippen LogP contribution in [0.25, 0.3) is 0 Å². The molecule has 0 unspecified atom stereocenters. The molecule has 7 nitrogen and oxygen atoms in total. The molecule has 3 rings (SSSR count). The first-order valence-electron chi connectivity index (χ1n) is 7.87. The van der Waals surface area contributed by atoms with Crippen LogP contribution in [-0.4, -0.2) is 41.3 Å². The molecule has 2 aromatic rings. The summed E-state index contributed by atoms with van der Waals surface area (Å²) in [6.07, 6.45) is 0.519. The van der Waals surface area contributed by atoms with Gasteiger partial charge in [0.25, 0.3) is 11.6 Å². The van der Waals surface area contributed by atoms with E-state index in [9.17, 15) is 19.7 Å². The number of nitrogens with zero attached hydrogens (tertiary/aromatic N) is 3. The Bertz CT molecular complexity index is 822. The molecule has 0 bridgehead atoms. The number of nitro benzene ring substituents is 1. The van der Waals surface area contributed by atoms with Gasteiger partial charge in [0.15, 0.2) is 0 Å². The predicted molar refractivity (Wildman–Crippen MR) is 92.4 cm³/mol. The van der Waals surface area contributed by atoms with Crippen LogP contribution < -0.4 is 4.90 Å². The molecule has 1 atom stereocenters. The second-order valence-corrected chi connectivity index (χ2v) is 5.85. The molecule has 1 aliphatic heterocycles.